The van der Waals surface area contributed by atoms with Gasteiger partial charge in [0.25, 0.3) is 0 Å². The molecule has 98 valence electrons. The molecule has 2 rings (SSSR count). The van der Waals surface area contributed by atoms with E-state index >= 15 is 0 Å². The maximum absolute atomic E-state index is 11.8. The first kappa shape index (κ1) is 13.5. The van der Waals surface area contributed by atoms with Crippen molar-refractivity contribution in [3.8, 4) is 0 Å². The second-order valence-corrected chi connectivity index (χ2v) is 5.39. The number of nitrogens with zero attached hydrogens (tertiary/aromatic N) is 3. The normalized spacial score (nSPS) is 19.7. The fourth-order valence-electron chi connectivity index (χ4n) is 2.16. The van der Waals surface area contributed by atoms with E-state index in [9.17, 15) is 4.79 Å². The molecule has 1 fully saturated rings. The second kappa shape index (κ2) is 6.31. The van der Waals surface area contributed by atoms with E-state index in [1.165, 1.54) is 0 Å². The van der Waals surface area contributed by atoms with Crippen LogP contribution in [0.1, 0.15) is 19.8 Å². The van der Waals surface area contributed by atoms with E-state index in [-0.39, 0.29) is 11.9 Å². The largest absolute Gasteiger partial charge is 0.466 e. The van der Waals surface area contributed by atoms with Crippen LogP contribution in [0, 0.1) is 9.49 Å². The average Bonchev–Trinajstić information content (AvgIpc) is 2.40. The summed E-state index contributed by atoms with van der Waals surface area (Å²) in [6.45, 7) is 3.90. The zero-order valence-corrected chi connectivity index (χ0v) is 12.5. The van der Waals surface area contributed by atoms with Gasteiger partial charge in [0.1, 0.15) is 12.1 Å². The first-order valence-corrected chi connectivity index (χ1v) is 7.17. The Labute approximate surface area is 120 Å². The van der Waals surface area contributed by atoms with Gasteiger partial charge in [-0.25, -0.2) is 9.97 Å². The van der Waals surface area contributed by atoms with Gasteiger partial charge in [0, 0.05) is 19.3 Å². The molecule has 1 aromatic heterocycles. The summed E-state index contributed by atoms with van der Waals surface area (Å²) in [7, 11) is 0. The van der Waals surface area contributed by atoms with Gasteiger partial charge in [-0.05, 0) is 42.4 Å². The molecule has 0 spiro atoms. The predicted molar refractivity (Wildman–Crippen MR) is 76.3 cm³/mol. The molecule has 0 amide bonds. The first-order chi connectivity index (χ1) is 8.72. The van der Waals surface area contributed by atoms with Gasteiger partial charge in [0.05, 0.1) is 16.1 Å². The van der Waals surface area contributed by atoms with Gasteiger partial charge >= 0.3 is 5.97 Å². The van der Waals surface area contributed by atoms with E-state index in [4.69, 9.17) is 4.74 Å². The summed E-state index contributed by atoms with van der Waals surface area (Å²) >= 11 is 2.22. The van der Waals surface area contributed by atoms with Crippen LogP contribution in [0.5, 0.6) is 0 Å². The Balaban J connectivity index is 2.07. The van der Waals surface area contributed by atoms with Crippen molar-refractivity contribution in [2.45, 2.75) is 19.8 Å². The van der Waals surface area contributed by atoms with Crippen molar-refractivity contribution in [1.82, 2.24) is 9.97 Å². The molecule has 1 aliphatic rings. The number of hydrogen-bond donors (Lipinski definition) is 0. The fourth-order valence-corrected chi connectivity index (χ4v) is 2.80. The van der Waals surface area contributed by atoms with Crippen LogP contribution in [0.4, 0.5) is 5.82 Å². The highest BCUT2D eigenvalue weighted by atomic mass is 127. The lowest BCUT2D eigenvalue weighted by Gasteiger charge is -2.32. The van der Waals surface area contributed by atoms with E-state index in [0.717, 1.165) is 28.8 Å². The van der Waals surface area contributed by atoms with Crippen LogP contribution in [0.15, 0.2) is 12.5 Å². The predicted octanol–water partition coefficient (Wildman–Crippen LogP) is 1.86. The lowest BCUT2D eigenvalue weighted by molar-refractivity contribution is -0.148. The van der Waals surface area contributed by atoms with E-state index in [1.807, 2.05) is 6.92 Å². The second-order valence-electron chi connectivity index (χ2n) is 4.23. The Kier molecular flexibility index (Phi) is 4.73. The zero-order chi connectivity index (χ0) is 13.0. The summed E-state index contributed by atoms with van der Waals surface area (Å²) in [5.74, 6) is 0.787. The lowest BCUT2D eigenvalue weighted by atomic mass is 9.98. The molecule has 1 aromatic rings. The van der Waals surface area contributed by atoms with E-state index in [1.54, 1.807) is 12.5 Å². The van der Waals surface area contributed by atoms with Crippen LogP contribution in [-0.4, -0.2) is 35.6 Å². The van der Waals surface area contributed by atoms with Crippen molar-refractivity contribution in [1.29, 1.82) is 0 Å². The van der Waals surface area contributed by atoms with Crippen LogP contribution in [0.25, 0.3) is 0 Å². The van der Waals surface area contributed by atoms with Crippen LogP contribution >= 0.6 is 22.6 Å². The number of esters is 1. The number of carbonyl (C=O) groups is 1. The maximum Gasteiger partial charge on any atom is 0.310 e. The minimum Gasteiger partial charge on any atom is -0.466 e. The molecule has 1 saturated heterocycles. The van der Waals surface area contributed by atoms with Crippen molar-refractivity contribution in [3.05, 3.63) is 16.1 Å². The number of carbonyl (C=O) groups excluding carboxylic acids is 1. The fraction of sp³-hybridized carbons (Fsp3) is 0.583. The smallest absolute Gasteiger partial charge is 0.310 e. The van der Waals surface area contributed by atoms with E-state index in [2.05, 4.69) is 37.5 Å². The van der Waals surface area contributed by atoms with Crippen LogP contribution in [-0.2, 0) is 9.53 Å². The molecule has 1 atom stereocenters. The zero-order valence-electron chi connectivity index (χ0n) is 10.3. The van der Waals surface area contributed by atoms with Crippen LogP contribution < -0.4 is 4.90 Å². The third kappa shape index (κ3) is 3.09. The minimum atomic E-state index is -0.0914. The molecule has 18 heavy (non-hydrogen) atoms. The summed E-state index contributed by atoms with van der Waals surface area (Å²) in [5, 5.41) is 0. The van der Waals surface area contributed by atoms with Crippen LogP contribution in [0.3, 0.4) is 0 Å². The molecule has 1 aliphatic heterocycles. The molecular weight excluding hydrogens is 345 g/mol. The van der Waals surface area contributed by atoms with Gasteiger partial charge < -0.3 is 9.64 Å². The molecule has 5 nitrogen and oxygen atoms in total. The van der Waals surface area contributed by atoms with Crippen molar-refractivity contribution < 1.29 is 9.53 Å². The third-order valence-electron chi connectivity index (χ3n) is 2.99. The Bertz CT molecular complexity index is 428. The Morgan fingerprint density at radius 1 is 1.67 bits per heavy atom. The monoisotopic (exact) mass is 361 g/mol. The summed E-state index contributed by atoms with van der Waals surface area (Å²) in [6, 6.07) is 0. The molecule has 0 N–H and O–H groups in total. The molecule has 0 bridgehead atoms. The molecule has 2 heterocycles. The standard InChI is InChI=1S/C12H16IN3O2/c1-2-18-12(17)9-4-3-5-16(7-9)11-10(13)6-14-8-15-11/h6,8-9H,2-5,7H2,1H3. The Hall–Kier alpha value is -0.920. The summed E-state index contributed by atoms with van der Waals surface area (Å²) in [4.78, 5) is 22.2. The molecule has 0 aromatic carbocycles. The van der Waals surface area contributed by atoms with Crippen LogP contribution in [0.2, 0.25) is 0 Å². The van der Waals surface area contributed by atoms with E-state index in [0.29, 0.717) is 13.2 Å². The van der Waals surface area contributed by atoms with E-state index < -0.39 is 0 Å². The minimum absolute atomic E-state index is 0.0375. The van der Waals surface area contributed by atoms with Gasteiger partial charge in [-0.2, -0.15) is 0 Å². The SMILES string of the molecule is CCOC(=O)C1CCCN(c2ncncc2I)C1. The lowest BCUT2D eigenvalue weighted by Crippen LogP contribution is -2.40. The summed E-state index contributed by atoms with van der Waals surface area (Å²) in [6.07, 6.45) is 5.23. The van der Waals surface area contributed by atoms with Gasteiger partial charge in [0.15, 0.2) is 0 Å². The van der Waals surface area contributed by atoms with Gasteiger partial charge in [0.2, 0.25) is 0 Å². The molecular formula is C12H16IN3O2. The van der Waals surface area contributed by atoms with Gasteiger partial charge in [-0.15, -0.1) is 0 Å². The molecule has 0 saturated carbocycles. The van der Waals surface area contributed by atoms with Gasteiger partial charge in [-0.1, -0.05) is 0 Å². The summed E-state index contributed by atoms with van der Waals surface area (Å²) in [5.41, 5.74) is 0. The third-order valence-corrected chi connectivity index (χ3v) is 3.75. The number of ether oxygens (including phenoxy) is 1. The molecule has 0 radical (unpaired) electrons. The highest BCUT2D eigenvalue weighted by Crippen LogP contribution is 2.25. The average molecular weight is 361 g/mol. The number of halogens is 1. The molecule has 1 unspecified atom stereocenters. The number of aromatic nitrogens is 2. The topological polar surface area (TPSA) is 55.3 Å². The molecule has 6 heteroatoms. The van der Waals surface area contributed by atoms with Crippen molar-refractivity contribution in [3.63, 3.8) is 0 Å². The Morgan fingerprint density at radius 3 is 3.22 bits per heavy atom. The summed E-state index contributed by atoms with van der Waals surface area (Å²) < 4.78 is 6.11. The highest BCUT2D eigenvalue weighted by molar-refractivity contribution is 14.1. The highest BCUT2D eigenvalue weighted by Gasteiger charge is 2.28. The quantitative estimate of drug-likeness (QED) is 0.608. The van der Waals surface area contributed by atoms with Gasteiger partial charge in [-0.3, -0.25) is 4.79 Å². The van der Waals surface area contributed by atoms with Crippen molar-refractivity contribution >= 4 is 34.4 Å². The number of rotatable bonds is 3. The van der Waals surface area contributed by atoms with Crippen molar-refractivity contribution in [2.75, 3.05) is 24.6 Å². The maximum atomic E-state index is 11.8. The number of hydrogen-bond acceptors (Lipinski definition) is 5. The Morgan fingerprint density at radius 2 is 2.50 bits per heavy atom. The number of piperidine rings is 1. The van der Waals surface area contributed by atoms with Crippen molar-refractivity contribution in [2.24, 2.45) is 5.92 Å². The molecule has 0 aliphatic carbocycles. The first-order valence-electron chi connectivity index (χ1n) is 6.09. The number of anilines is 1.